The summed E-state index contributed by atoms with van der Waals surface area (Å²) >= 11 is 12.5. The summed E-state index contributed by atoms with van der Waals surface area (Å²) in [5, 5.41) is 6.98. The molecule has 2 aromatic carbocycles. The minimum absolute atomic E-state index is 0. The van der Waals surface area contributed by atoms with Gasteiger partial charge in [-0.1, -0.05) is 47.5 Å². The molecule has 0 unspecified atom stereocenters. The summed E-state index contributed by atoms with van der Waals surface area (Å²) in [6, 6.07) is 10.2. The molecule has 9 heteroatoms. The number of rotatable bonds is 6. The lowest BCUT2D eigenvalue weighted by Crippen LogP contribution is -2.41. The lowest BCUT2D eigenvalue weighted by atomic mass is 9.92. The van der Waals surface area contributed by atoms with Crippen LogP contribution >= 0.6 is 35.6 Å². The van der Waals surface area contributed by atoms with Crippen molar-refractivity contribution in [3.05, 3.63) is 63.1 Å². The summed E-state index contributed by atoms with van der Waals surface area (Å²) < 4.78 is 4.85. The summed E-state index contributed by atoms with van der Waals surface area (Å²) in [5.41, 5.74) is 9.05. The molecule has 1 aliphatic heterocycles. The largest absolute Gasteiger partial charge is 0.467 e. The van der Waals surface area contributed by atoms with Crippen molar-refractivity contribution in [3.63, 3.8) is 0 Å². The third-order valence-corrected chi connectivity index (χ3v) is 5.50. The Kier molecular flexibility index (Phi) is 8.79. The van der Waals surface area contributed by atoms with E-state index in [-0.39, 0.29) is 18.3 Å². The van der Waals surface area contributed by atoms with Gasteiger partial charge in [-0.05, 0) is 29.7 Å². The van der Waals surface area contributed by atoms with Crippen LogP contribution in [0.3, 0.4) is 0 Å². The summed E-state index contributed by atoms with van der Waals surface area (Å²) in [5.74, 6) is -0.536. The molecule has 0 bridgehead atoms. The van der Waals surface area contributed by atoms with Crippen molar-refractivity contribution in [2.75, 3.05) is 12.4 Å². The fourth-order valence-corrected chi connectivity index (χ4v) is 4.08. The summed E-state index contributed by atoms with van der Waals surface area (Å²) in [6.45, 7) is 0.488. The molecule has 2 aromatic rings. The maximum absolute atomic E-state index is 12.6. The highest BCUT2D eigenvalue weighted by Crippen LogP contribution is 2.40. The van der Waals surface area contributed by atoms with Crippen molar-refractivity contribution < 1.29 is 14.3 Å². The molecule has 4 N–H and O–H groups in total. The smallest absolute Gasteiger partial charge is 0.328 e. The Morgan fingerprint density at radius 2 is 1.87 bits per heavy atom. The van der Waals surface area contributed by atoms with E-state index >= 15 is 0 Å². The van der Waals surface area contributed by atoms with E-state index in [1.54, 1.807) is 12.1 Å². The quantitative estimate of drug-likeness (QED) is 0.552. The number of esters is 1. The molecule has 0 spiro atoms. The molecular weight excluding hydrogens is 449 g/mol. The Morgan fingerprint density at radius 1 is 1.20 bits per heavy atom. The third-order valence-electron chi connectivity index (χ3n) is 4.96. The number of methoxy groups -OCH3 is 1. The number of carbonyl (C=O) groups excluding carboxylic acids is 2. The van der Waals surface area contributed by atoms with Gasteiger partial charge in [0.2, 0.25) is 5.91 Å². The van der Waals surface area contributed by atoms with Gasteiger partial charge in [-0.25, -0.2) is 4.79 Å². The molecule has 1 amide bonds. The highest BCUT2D eigenvalue weighted by molar-refractivity contribution is 6.35. The molecular formula is C21H24Cl3N3O3. The van der Waals surface area contributed by atoms with E-state index in [0.717, 1.165) is 16.7 Å². The number of hydrogen-bond donors (Lipinski definition) is 3. The molecule has 0 fully saturated rings. The zero-order valence-electron chi connectivity index (χ0n) is 16.4. The summed E-state index contributed by atoms with van der Waals surface area (Å²) in [4.78, 5) is 24.7. The number of carbonyl (C=O) groups is 2. The molecule has 30 heavy (non-hydrogen) atoms. The Labute approximate surface area is 191 Å². The van der Waals surface area contributed by atoms with Crippen LogP contribution in [-0.4, -0.2) is 25.0 Å². The molecule has 0 saturated heterocycles. The SMILES string of the molecule is COC(=O)[C@H]1C[C@H](NC(=O)CCc2ccc(CN)cc2)c2c(Cl)cc(Cl)cc2N1.Cl. The molecule has 3 rings (SSSR count). The molecule has 6 nitrogen and oxygen atoms in total. The molecule has 162 valence electrons. The topological polar surface area (TPSA) is 93.5 Å². The van der Waals surface area contributed by atoms with Crippen LogP contribution in [0.15, 0.2) is 36.4 Å². The normalized spacial score (nSPS) is 17.2. The van der Waals surface area contributed by atoms with Crippen molar-refractivity contribution in [1.82, 2.24) is 5.32 Å². The van der Waals surface area contributed by atoms with Crippen LogP contribution in [0.4, 0.5) is 5.69 Å². The number of amides is 1. The van der Waals surface area contributed by atoms with Gasteiger partial charge >= 0.3 is 5.97 Å². The predicted molar refractivity (Wildman–Crippen MR) is 121 cm³/mol. The van der Waals surface area contributed by atoms with Gasteiger partial charge in [-0.3, -0.25) is 4.79 Å². The van der Waals surface area contributed by atoms with E-state index < -0.39 is 18.1 Å². The lowest BCUT2D eigenvalue weighted by Gasteiger charge is -2.33. The van der Waals surface area contributed by atoms with E-state index in [1.165, 1.54) is 7.11 Å². The van der Waals surface area contributed by atoms with Gasteiger partial charge in [0, 0.05) is 40.7 Å². The van der Waals surface area contributed by atoms with Crippen LogP contribution < -0.4 is 16.4 Å². The van der Waals surface area contributed by atoms with Crippen LogP contribution in [0.1, 0.15) is 35.6 Å². The Hall–Kier alpha value is -1.99. The number of halogens is 3. The predicted octanol–water partition coefficient (Wildman–Crippen LogP) is 4.02. The van der Waals surface area contributed by atoms with Gasteiger partial charge in [0.25, 0.3) is 0 Å². The minimum atomic E-state index is -0.601. The number of nitrogens with two attached hydrogens (primary N) is 1. The lowest BCUT2D eigenvalue weighted by molar-refractivity contribution is -0.142. The number of ether oxygens (including phenoxy) is 1. The second-order valence-corrected chi connectivity index (χ2v) is 7.79. The average molecular weight is 473 g/mol. The highest BCUT2D eigenvalue weighted by atomic mass is 35.5. The van der Waals surface area contributed by atoms with E-state index in [0.29, 0.717) is 41.5 Å². The molecule has 0 aromatic heterocycles. The van der Waals surface area contributed by atoms with Crippen LogP contribution in [0.25, 0.3) is 0 Å². The van der Waals surface area contributed by atoms with Gasteiger partial charge in [0.1, 0.15) is 6.04 Å². The van der Waals surface area contributed by atoms with Crippen LogP contribution in [0.2, 0.25) is 10.0 Å². The van der Waals surface area contributed by atoms with E-state index in [1.807, 2.05) is 24.3 Å². The van der Waals surface area contributed by atoms with Gasteiger partial charge in [0.05, 0.1) is 13.2 Å². The number of aryl methyl sites for hydroxylation is 1. The zero-order valence-corrected chi connectivity index (χ0v) is 18.7. The van der Waals surface area contributed by atoms with E-state index in [9.17, 15) is 9.59 Å². The van der Waals surface area contributed by atoms with Crippen LogP contribution in [0.5, 0.6) is 0 Å². The minimum Gasteiger partial charge on any atom is -0.467 e. The van der Waals surface area contributed by atoms with Crippen molar-refractivity contribution in [1.29, 1.82) is 0 Å². The first-order chi connectivity index (χ1) is 13.9. The highest BCUT2D eigenvalue weighted by Gasteiger charge is 2.34. The second-order valence-electron chi connectivity index (χ2n) is 6.95. The number of nitrogens with one attached hydrogen (secondary N) is 2. The number of hydrogen-bond acceptors (Lipinski definition) is 5. The number of anilines is 1. The monoisotopic (exact) mass is 471 g/mol. The maximum Gasteiger partial charge on any atom is 0.328 e. The average Bonchev–Trinajstić information content (AvgIpc) is 2.71. The molecule has 0 saturated carbocycles. The van der Waals surface area contributed by atoms with Gasteiger partial charge in [0.15, 0.2) is 0 Å². The van der Waals surface area contributed by atoms with Crippen molar-refractivity contribution in [2.24, 2.45) is 5.73 Å². The van der Waals surface area contributed by atoms with Gasteiger partial charge in [-0.15, -0.1) is 12.4 Å². The van der Waals surface area contributed by atoms with Crippen LogP contribution in [-0.2, 0) is 27.3 Å². The first-order valence-corrected chi connectivity index (χ1v) is 10.1. The Morgan fingerprint density at radius 3 is 2.50 bits per heavy atom. The Bertz CT molecular complexity index is 906. The van der Waals surface area contributed by atoms with Crippen molar-refractivity contribution >= 4 is 53.2 Å². The number of fused-ring (bicyclic) bond motifs is 1. The Balaban J connectivity index is 0.00000320. The molecule has 0 aliphatic carbocycles. The number of benzene rings is 2. The fraction of sp³-hybridized carbons (Fsp3) is 0.333. The first-order valence-electron chi connectivity index (χ1n) is 9.31. The first kappa shape index (κ1) is 24.3. The van der Waals surface area contributed by atoms with Crippen LogP contribution in [0, 0.1) is 0 Å². The van der Waals surface area contributed by atoms with Gasteiger partial charge in [-0.2, -0.15) is 0 Å². The standard InChI is InChI=1S/C21H23Cl2N3O3.ClH/c1-29-21(28)18-10-17(20-15(23)8-14(22)9-16(20)25-18)26-19(27)7-6-12-2-4-13(11-24)5-3-12;/h2-5,8-9,17-18,25H,6-7,10-11,24H2,1H3,(H,26,27);1H/t17-,18+;/m0./s1. The fourth-order valence-electron chi connectivity index (χ4n) is 3.45. The summed E-state index contributed by atoms with van der Waals surface area (Å²) in [7, 11) is 1.33. The van der Waals surface area contributed by atoms with Gasteiger partial charge < -0.3 is 21.1 Å². The van der Waals surface area contributed by atoms with Crippen molar-refractivity contribution in [2.45, 2.75) is 37.9 Å². The molecule has 1 heterocycles. The second kappa shape index (κ2) is 10.9. The van der Waals surface area contributed by atoms with Crippen molar-refractivity contribution in [3.8, 4) is 0 Å². The summed E-state index contributed by atoms with van der Waals surface area (Å²) in [6.07, 6.45) is 1.25. The molecule has 2 atom stereocenters. The maximum atomic E-state index is 12.6. The van der Waals surface area contributed by atoms with E-state index in [4.69, 9.17) is 33.7 Å². The van der Waals surface area contributed by atoms with E-state index in [2.05, 4.69) is 10.6 Å². The third kappa shape index (κ3) is 5.79. The molecule has 1 aliphatic rings. The molecule has 0 radical (unpaired) electrons. The zero-order chi connectivity index (χ0) is 21.0.